The molecule has 1 unspecified atom stereocenters. The third-order valence-electron chi connectivity index (χ3n) is 3.40. The Kier molecular flexibility index (Phi) is 6.22. The van der Waals surface area contributed by atoms with Gasteiger partial charge >= 0.3 is 0 Å². The Morgan fingerprint density at radius 1 is 1.31 bits per heavy atom. The number of halogens is 1. The Morgan fingerprint density at radius 3 is 2.50 bits per heavy atom. The van der Waals surface area contributed by atoms with E-state index in [9.17, 15) is 19.7 Å². The molecule has 0 spiro atoms. The third-order valence-corrected chi connectivity index (χ3v) is 4.47. The summed E-state index contributed by atoms with van der Waals surface area (Å²) in [6.07, 6.45) is 0. The number of amides is 2. The number of hydrogen-bond donors (Lipinski definition) is 2. The second kappa shape index (κ2) is 8.19. The Balaban J connectivity index is 2.15. The largest absolute Gasteiger partial charge is 0.340 e. The van der Waals surface area contributed by atoms with E-state index in [1.165, 1.54) is 23.5 Å². The van der Waals surface area contributed by atoms with Crippen molar-refractivity contribution in [3.8, 4) is 0 Å². The highest BCUT2D eigenvalue weighted by molar-refractivity contribution is 7.15. The fraction of sp³-hybridized carbons (Fsp3) is 0.333. The monoisotopic (exact) mass is 397 g/mol. The van der Waals surface area contributed by atoms with E-state index in [0.717, 1.165) is 6.07 Å². The summed E-state index contributed by atoms with van der Waals surface area (Å²) in [5.41, 5.74) is -0.182. The molecule has 0 aliphatic heterocycles. The molecule has 1 aromatic carbocycles. The number of rotatable bonds is 6. The predicted octanol–water partition coefficient (Wildman–Crippen LogP) is 2.80. The van der Waals surface area contributed by atoms with Crippen LogP contribution in [0, 0.1) is 23.0 Å². The lowest BCUT2D eigenvalue weighted by atomic mass is 10.0. The minimum Gasteiger partial charge on any atom is -0.340 e. The van der Waals surface area contributed by atoms with Crippen molar-refractivity contribution in [3.05, 3.63) is 43.9 Å². The highest BCUT2D eigenvalue weighted by Crippen LogP contribution is 2.23. The third kappa shape index (κ3) is 4.73. The van der Waals surface area contributed by atoms with Gasteiger partial charge in [-0.15, -0.1) is 10.2 Å². The van der Waals surface area contributed by atoms with Gasteiger partial charge in [0, 0.05) is 12.1 Å². The summed E-state index contributed by atoms with van der Waals surface area (Å²) >= 11 is 7.18. The summed E-state index contributed by atoms with van der Waals surface area (Å²) in [7, 11) is 0. The number of hydrogen-bond acceptors (Lipinski definition) is 7. The van der Waals surface area contributed by atoms with Crippen molar-refractivity contribution < 1.29 is 14.5 Å². The van der Waals surface area contributed by atoms with Gasteiger partial charge in [0.15, 0.2) is 0 Å². The van der Waals surface area contributed by atoms with Crippen LogP contribution < -0.4 is 10.6 Å². The zero-order valence-electron chi connectivity index (χ0n) is 14.1. The average Bonchev–Trinajstić information content (AvgIpc) is 2.96. The molecule has 1 heterocycles. The van der Waals surface area contributed by atoms with E-state index < -0.39 is 22.8 Å². The fourth-order valence-electron chi connectivity index (χ4n) is 2.09. The van der Waals surface area contributed by atoms with Crippen molar-refractivity contribution in [1.29, 1.82) is 0 Å². The molecule has 0 aliphatic rings. The van der Waals surface area contributed by atoms with Gasteiger partial charge in [-0.05, 0) is 18.9 Å². The molecule has 0 saturated heterocycles. The zero-order chi connectivity index (χ0) is 19.4. The van der Waals surface area contributed by atoms with Gasteiger partial charge in [-0.2, -0.15) is 0 Å². The van der Waals surface area contributed by atoms with Crippen LogP contribution in [0.25, 0.3) is 0 Å². The van der Waals surface area contributed by atoms with Crippen LogP contribution in [0.2, 0.25) is 5.02 Å². The Labute approximate surface area is 157 Å². The van der Waals surface area contributed by atoms with Crippen molar-refractivity contribution >= 4 is 45.6 Å². The smallest absolute Gasteiger partial charge is 0.270 e. The maximum atomic E-state index is 12.5. The minimum absolute atomic E-state index is 0.0440. The molecule has 9 nitrogen and oxygen atoms in total. The zero-order valence-corrected chi connectivity index (χ0v) is 15.7. The minimum atomic E-state index is -0.849. The van der Waals surface area contributed by atoms with Crippen molar-refractivity contribution in [3.63, 3.8) is 0 Å². The molecule has 0 fully saturated rings. The molecule has 26 heavy (non-hydrogen) atoms. The number of non-ortho nitro benzene ring substituents is 1. The first-order valence-corrected chi connectivity index (χ1v) is 8.74. The highest BCUT2D eigenvalue weighted by atomic mass is 35.5. The number of anilines is 1. The molecule has 1 atom stereocenters. The van der Waals surface area contributed by atoms with Gasteiger partial charge in [0.2, 0.25) is 11.0 Å². The summed E-state index contributed by atoms with van der Waals surface area (Å²) in [4.78, 5) is 35.0. The van der Waals surface area contributed by atoms with Crippen LogP contribution in [0.3, 0.4) is 0 Å². The highest BCUT2D eigenvalue weighted by Gasteiger charge is 2.26. The van der Waals surface area contributed by atoms with Gasteiger partial charge < -0.3 is 5.32 Å². The van der Waals surface area contributed by atoms with Gasteiger partial charge in [-0.3, -0.25) is 25.0 Å². The molecule has 11 heteroatoms. The Hall–Kier alpha value is -2.59. The first kappa shape index (κ1) is 19.7. The predicted molar refractivity (Wildman–Crippen MR) is 97.5 cm³/mol. The van der Waals surface area contributed by atoms with Crippen LogP contribution in [-0.4, -0.2) is 33.0 Å². The average molecular weight is 398 g/mol. The van der Waals surface area contributed by atoms with Crippen molar-refractivity contribution in [2.45, 2.75) is 26.8 Å². The quantitative estimate of drug-likeness (QED) is 0.569. The normalized spacial score (nSPS) is 11.9. The van der Waals surface area contributed by atoms with E-state index in [-0.39, 0.29) is 22.2 Å². The van der Waals surface area contributed by atoms with Crippen LogP contribution in [0.4, 0.5) is 10.8 Å². The number of nitrogens with zero attached hydrogens (tertiary/aromatic N) is 3. The molecule has 0 aliphatic carbocycles. The van der Waals surface area contributed by atoms with Gasteiger partial charge in [-0.25, -0.2) is 0 Å². The number of carbonyl (C=O) groups is 2. The number of nitrogens with one attached hydrogen (secondary N) is 2. The van der Waals surface area contributed by atoms with Gasteiger partial charge in [-0.1, -0.05) is 36.8 Å². The van der Waals surface area contributed by atoms with Crippen LogP contribution >= 0.6 is 22.9 Å². The summed E-state index contributed by atoms with van der Waals surface area (Å²) < 4.78 is 0. The van der Waals surface area contributed by atoms with E-state index in [1.807, 2.05) is 0 Å². The molecular formula is C15H16ClN5O4S. The topological polar surface area (TPSA) is 127 Å². The van der Waals surface area contributed by atoms with Crippen LogP contribution in [0.15, 0.2) is 18.2 Å². The number of carbonyl (C=O) groups excluding carboxylic acids is 2. The SMILES string of the molecule is Cc1nnc(NC(=O)C(NC(=O)c2ccc([N+](=O)[O-])cc2Cl)C(C)C)s1. The Morgan fingerprint density at radius 2 is 2.00 bits per heavy atom. The lowest BCUT2D eigenvalue weighted by Gasteiger charge is -2.21. The first-order chi connectivity index (χ1) is 12.2. The first-order valence-electron chi connectivity index (χ1n) is 7.54. The molecule has 2 aromatic rings. The second-order valence-electron chi connectivity index (χ2n) is 5.73. The van der Waals surface area contributed by atoms with Crippen molar-refractivity contribution in [2.24, 2.45) is 5.92 Å². The van der Waals surface area contributed by atoms with Crippen molar-refractivity contribution in [1.82, 2.24) is 15.5 Å². The second-order valence-corrected chi connectivity index (χ2v) is 7.32. The molecule has 0 saturated carbocycles. The lowest BCUT2D eigenvalue weighted by molar-refractivity contribution is -0.384. The van der Waals surface area contributed by atoms with Gasteiger partial charge in [0.1, 0.15) is 11.0 Å². The van der Waals surface area contributed by atoms with E-state index in [1.54, 1.807) is 20.8 Å². The number of nitro benzene ring substituents is 1. The maximum Gasteiger partial charge on any atom is 0.270 e. The fourth-order valence-corrected chi connectivity index (χ4v) is 2.94. The molecule has 0 radical (unpaired) electrons. The number of benzene rings is 1. The summed E-state index contributed by atoms with van der Waals surface area (Å²) in [6.45, 7) is 5.30. The number of aryl methyl sites for hydroxylation is 1. The molecular weight excluding hydrogens is 382 g/mol. The summed E-state index contributed by atoms with van der Waals surface area (Å²) in [5, 5.41) is 24.5. The van der Waals surface area contributed by atoms with Crippen LogP contribution in [-0.2, 0) is 4.79 Å². The van der Waals surface area contributed by atoms with Gasteiger partial charge in [0.05, 0.1) is 15.5 Å². The summed E-state index contributed by atoms with van der Waals surface area (Å²) in [5.74, 6) is -1.26. The summed E-state index contributed by atoms with van der Waals surface area (Å²) in [6, 6.07) is 2.66. The van der Waals surface area contributed by atoms with E-state index in [4.69, 9.17) is 11.6 Å². The van der Waals surface area contributed by atoms with E-state index in [2.05, 4.69) is 20.8 Å². The number of aromatic nitrogens is 2. The molecule has 0 bridgehead atoms. The van der Waals surface area contributed by atoms with Crippen molar-refractivity contribution in [2.75, 3.05) is 5.32 Å². The standard InChI is InChI=1S/C15H16ClN5O4S/c1-7(2)12(14(23)18-15-20-19-8(3)26-15)17-13(22)10-5-4-9(21(24)25)6-11(10)16/h4-7,12H,1-3H3,(H,17,22)(H,18,20,23). The molecule has 138 valence electrons. The van der Waals surface area contributed by atoms with Gasteiger partial charge in [0.25, 0.3) is 11.6 Å². The molecule has 2 N–H and O–H groups in total. The van der Waals surface area contributed by atoms with Crippen LogP contribution in [0.1, 0.15) is 29.2 Å². The van der Waals surface area contributed by atoms with Crippen LogP contribution in [0.5, 0.6) is 0 Å². The lowest BCUT2D eigenvalue weighted by Crippen LogP contribution is -2.47. The Bertz CT molecular complexity index is 854. The molecule has 1 aromatic heterocycles. The maximum absolute atomic E-state index is 12.5. The number of nitro groups is 1. The molecule has 2 rings (SSSR count). The molecule has 2 amide bonds. The van der Waals surface area contributed by atoms with E-state index in [0.29, 0.717) is 10.1 Å². The van der Waals surface area contributed by atoms with E-state index >= 15 is 0 Å².